The Morgan fingerprint density at radius 1 is 0.929 bits per heavy atom. The normalized spacial score (nSPS) is 11.4. The molecular formula is C21H21N3O3S. The average molecular weight is 395 g/mol. The minimum atomic E-state index is -0.701. The molecule has 0 aliphatic rings. The Kier molecular flexibility index (Phi) is 6.29. The molecule has 0 saturated carbocycles. The number of thiocarbonyl (C=S) groups is 1. The molecular weight excluding hydrogens is 374 g/mol. The lowest BCUT2D eigenvalue weighted by Crippen LogP contribution is -2.48. The third-order valence-electron chi connectivity index (χ3n) is 4.03. The quantitative estimate of drug-likeness (QED) is 0.453. The molecule has 0 radical (unpaired) electrons. The van der Waals surface area contributed by atoms with Gasteiger partial charge in [0.25, 0.3) is 5.91 Å². The Morgan fingerprint density at radius 2 is 1.71 bits per heavy atom. The number of hydrazine groups is 1. The van der Waals surface area contributed by atoms with Crippen LogP contribution in [0.5, 0.6) is 11.5 Å². The molecule has 3 rings (SSSR count). The first-order chi connectivity index (χ1) is 13.5. The van der Waals surface area contributed by atoms with Crippen LogP contribution in [-0.4, -0.2) is 24.2 Å². The number of hydrogen-bond donors (Lipinski definition) is 3. The van der Waals surface area contributed by atoms with E-state index in [1.807, 2.05) is 60.7 Å². The molecule has 0 unspecified atom stereocenters. The maximum Gasteiger partial charge on any atom is 0.279 e. The number of hydrogen-bond acceptors (Lipinski definition) is 4. The van der Waals surface area contributed by atoms with E-state index in [1.165, 1.54) is 0 Å². The van der Waals surface area contributed by atoms with Crippen molar-refractivity contribution in [2.45, 2.75) is 13.0 Å². The molecule has 0 aliphatic heterocycles. The Hall–Kier alpha value is -3.32. The fourth-order valence-electron chi connectivity index (χ4n) is 2.58. The van der Waals surface area contributed by atoms with Gasteiger partial charge in [0.15, 0.2) is 11.2 Å². The van der Waals surface area contributed by atoms with E-state index < -0.39 is 6.10 Å². The predicted octanol–water partition coefficient (Wildman–Crippen LogP) is 3.63. The number of fused-ring (bicyclic) bond motifs is 1. The Labute approximate surface area is 168 Å². The van der Waals surface area contributed by atoms with Crippen LogP contribution in [0.2, 0.25) is 0 Å². The number of anilines is 1. The molecule has 1 atom stereocenters. The highest BCUT2D eigenvalue weighted by atomic mass is 32.1. The number of methoxy groups -OCH3 is 1. The monoisotopic (exact) mass is 395 g/mol. The van der Waals surface area contributed by atoms with Crippen LogP contribution in [-0.2, 0) is 4.79 Å². The van der Waals surface area contributed by atoms with Crippen molar-refractivity contribution in [3.05, 3.63) is 66.7 Å². The van der Waals surface area contributed by atoms with Crippen molar-refractivity contribution in [1.29, 1.82) is 0 Å². The van der Waals surface area contributed by atoms with Crippen molar-refractivity contribution in [3.8, 4) is 11.5 Å². The first-order valence-electron chi connectivity index (χ1n) is 8.71. The van der Waals surface area contributed by atoms with Gasteiger partial charge in [-0.1, -0.05) is 36.4 Å². The summed E-state index contributed by atoms with van der Waals surface area (Å²) in [4.78, 5) is 12.3. The van der Waals surface area contributed by atoms with Crippen LogP contribution in [0.3, 0.4) is 0 Å². The smallest absolute Gasteiger partial charge is 0.279 e. The molecule has 3 N–H and O–H groups in total. The summed E-state index contributed by atoms with van der Waals surface area (Å²) in [5, 5.41) is 5.38. The zero-order valence-corrected chi connectivity index (χ0v) is 16.4. The standard InChI is InChI=1S/C21H21N3O3S/c1-14(27-19-11-10-15-6-3-4-7-16(15)12-19)20(25)23-24-21(28)22-17-8-5-9-18(13-17)26-2/h3-14H,1-2H3,(H,23,25)(H2,22,24,28)/t14-/m0/s1. The van der Waals surface area contributed by atoms with Gasteiger partial charge in [-0.2, -0.15) is 0 Å². The second kappa shape index (κ2) is 9.05. The highest BCUT2D eigenvalue weighted by Gasteiger charge is 2.15. The second-order valence-corrected chi connectivity index (χ2v) is 6.48. The zero-order valence-electron chi connectivity index (χ0n) is 15.6. The molecule has 0 fully saturated rings. The van der Waals surface area contributed by atoms with Gasteiger partial charge in [-0.3, -0.25) is 15.6 Å². The lowest BCUT2D eigenvalue weighted by molar-refractivity contribution is -0.127. The van der Waals surface area contributed by atoms with E-state index >= 15 is 0 Å². The lowest BCUT2D eigenvalue weighted by atomic mass is 10.1. The minimum absolute atomic E-state index is 0.250. The Balaban J connectivity index is 1.51. The number of nitrogens with one attached hydrogen (secondary N) is 3. The summed E-state index contributed by atoms with van der Waals surface area (Å²) in [6, 6.07) is 21.0. The summed E-state index contributed by atoms with van der Waals surface area (Å²) >= 11 is 5.18. The summed E-state index contributed by atoms with van der Waals surface area (Å²) < 4.78 is 10.9. The summed E-state index contributed by atoms with van der Waals surface area (Å²) in [5.74, 6) is 0.982. The molecule has 3 aromatic carbocycles. The molecule has 6 nitrogen and oxygen atoms in total. The highest BCUT2D eigenvalue weighted by Crippen LogP contribution is 2.21. The Morgan fingerprint density at radius 3 is 2.50 bits per heavy atom. The van der Waals surface area contributed by atoms with E-state index in [4.69, 9.17) is 21.7 Å². The molecule has 7 heteroatoms. The molecule has 0 saturated heterocycles. The molecule has 1 amide bonds. The first kappa shape index (κ1) is 19.4. The van der Waals surface area contributed by atoms with Crippen molar-refractivity contribution in [1.82, 2.24) is 10.9 Å². The van der Waals surface area contributed by atoms with Gasteiger partial charge >= 0.3 is 0 Å². The average Bonchev–Trinajstić information content (AvgIpc) is 2.72. The third-order valence-corrected chi connectivity index (χ3v) is 4.23. The van der Waals surface area contributed by atoms with Gasteiger partial charge < -0.3 is 14.8 Å². The topological polar surface area (TPSA) is 71.6 Å². The largest absolute Gasteiger partial charge is 0.497 e. The first-order valence-corrected chi connectivity index (χ1v) is 9.12. The van der Waals surface area contributed by atoms with Gasteiger partial charge in [0, 0.05) is 11.8 Å². The maximum atomic E-state index is 12.3. The summed E-state index contributed by atoms with van der Waals surface area (Å²) in [6.45, 7) is 1.67. The summed E-state index contributed by atoms with van der Waals surface area (Å²) in [7, 11) is 1.59. The molecule has 0 aliphatic carbocycles. The van der Waals surface area contributed by atoms with Crippen LogP contribution in [0.15, 0.2) is 66.7 Å². The molecule has 3 aromatic rings. The van der Waals surface area contributed by atoms with E-state index in [0.717, 1.165) is 16.5 Å². The van der Waals surface area contributed by atoms with Crippen LogP contribution in [0.1, 0.15) is 6.92 Å². The van der Waals surface area contributed by atoms with E-state index in [2.05, 4.69) is 16.2 Å². The molecule has 0 bridgehead atoms. The van der Waals surface area contributed by atoms with E-state index in [1.54, 1.807) is 20.1 Å². The van der Waals surface area contributed by atoms with Crippen LogP contribution >= 0.6 is 12.2 Å². The SMILES string of the molecule is COc1cccc(NC(=S)NNC(=O)[C@H](C)Oc2ccc3ccccc3c2)c1. The zero-order chi connectivity index (χ0) is 19.9. The predicted molar refractivity (Wildman–Crippen MR) is 115 cm³/mol. The van der Waals surface area contributed by atoms with Crippen molar-refractivity contribution in [2.75, 3.05) is 12.4 Å². The highest BCUT2D eigenvalue weighted by molar-refractivity contribution is 7.80. The van der Waals surface area contributed by atoms with Crippen LogP contribution in [0.4, 0.5) is 5.69 Å². The van der Waals surface area contributed by atoms with Gasteiger partial charge in [-0.25, -0.2) is 0 Å². The number of benzene rings is 3. The molecule has 0 aromatic heterocycles. The molecule has 0 spiro atoms. The second-order valence-electron chi connectivity index (χ2n) is 6.07. The van der Waals surface area contributed by atoms with Gasteiger partial charge in [-0.05, 0) is 54.2 Å². The van der Waals surface area contributed by atoms with Crippen molar-refractivity contribution >= 4 is 39.7 Å². The number of amides is 1. The fourth-order valence-corrected chi connectivity index (χ4v) is 2.75. The van der Waals surface area contributed by atoms with Gasteiger partial charge in [-0.15, -0.1) is 0 Å². The van der Waals surface area contributed by atoms with Crippen LogP contribution in [0, 0.1) is 0 Å². The number of rotatable bonds is 5. The van der Waals surface area contributed by atoms with Crippen molar-refractivity contribution in [2.24, 2.45) is 0 Å². The summed E-state index contributed by atoms with van der Waals surface area (Å²) in [6.07, 6.45) is -0.701. The Bertz CT molecular complexity index is 993. The number of ether oxygens (including phenoxy) is 2. The lowest BCUT2D eigenvalue weighted by Gasteiger charge is -2.17. The number of carbonyl (C=O) groups excluding carboxylic acids is 1. The van der Waals surface area contributed by atoms with Crippen molar-refractivity contribution < 1.29 is 14.3 Å². The molecule has 0 heterocycles. The number of carbonyl (C=O) groups is 1. The fraction of sp³-hybridized carbons (Fsp3) is 0.143. The van der Waals surface area contributed by atoms with Gasteiger partial charge in [0.05, 0.1) is 7.11 Å². The van der Waals surface area contributed by atoms with E-state index in [0.29, 0.717) is 11.5 Å². The summed E-state index contributed by atoms with van der Waals surface area (Å²) in [5.41, 5.74) is 5.95. The van der Waals surface area contributed by atoms with Crippen LogP contribution < -0.4 is 25.6 Å². The molecule has 28 heavy (non-hydrogen) atoms. The third kappa shape index (κ3) is 5.11. The van der Waals surface area contributed by atoms with Gasteiger partial charge in [0.1, 0.15) is 11.5 Å². The van der Waals surface area contributed by atoms with Crippen LogP contribution in [0.25, 0.3) is 10.8 Å². The maximum absolute atomic E-state index is 12.3. The van der Waals surface area contributed by atoms with Gasteiger partial charge in [0.2, 0.25) is 0 Å². The van der Waals surface area contributed by atoms with Crippen molar-refractivity contribution in [3.63, 3.8) is 0 Å². The van der Waals surface area contributed by atoms with E-state index in [9.17, 15) is 4.79 Å². The molecule has 144 valence electrons. The minimum Gasteiger partial charge on any atom is -0.497 e. The van der Waals surface area contributed by atoms with E-state index in [-0.39, 0.29) is 11.0 Å².